The summed E-state index contributed by atoms with van der Waals surface area (Å²) in [6, 6.07) is 11.6. The summed E-state index contributed by atoms with van der Waals surface area (Å²) in [7, 11) is -3.11. The molecular weight excluding hydrogens is 316 g/mol. The third kappa shape index (κ3) is 1.48. The zero-order chi connectivity index (χ0) is 12.9. The number of benzene rings is 2. The molecule has 2 N–H and O–H groups in total. The highest BCUT2D eigenvalue weighted by Crippen LogP contribution is 2.61. The van der Waals surface area contributed by atoms with Crippen LogP contribution in [0.3, 0.4) is 0 Å². The molecule has 0 spiro atoms. The Morgan fingerprint density at radius 3 is 2.39 bits per heavy atom. The Bertz CT molecular complexity index is 667. The molecule has 0 saturated heterocycles. The second kappa shape index (κ2) is 3.93. The molecule has 0 saturated carbocycles. The van der Waals surface area contributed by atoms with Gasteiger partial charge < -0.3 is 0 Å². The predicted octanol–water partition coefficient (Wildman–Crippen LogP) is 4.16. The minimum Gasteiger partial charge on any atom is -0.290 e. The SMILES string of the molecule is O=C1c2ccccc2S(O)(O)c2cccc(Br)c21. The van der Waals surface area contributed by atoms with E-state index in [-0.39, 0.29) is 5.78 Å². The van der Waals surface area contributed by atoms with Gasteiger partial charge in [-0.1, -0.05) is 18.2 Å². The van der Waals surface area contributed by atoms with Crippen molar-refractivity contribution in [1.82, 2.24) is 0 Å². The molecule has 1 aliphatic heterocycles. The summed E-state index contributed by atoms with van der Waals surface area (Å²) >= 11 is 3.30. The Labute approximate surface area is 114 Å². The van der Waals surface area contributed by atoms with Crippen LogP contribution < -0.4 is 0 Å². The van der Waals surface area contributed by atoms with E-state index in [2.05, 4.69) is 15.9 Å². The van der Waals surface area contributed by atoms with Gasteiger partial charge in [0.2, 0.25) is 0 Å². The van der Waals surface area contributed by atoms with Crippen molar-refractivity contribution in [2.75, 3.05) is 0 Å². The van der Waals surface area contributed by atoms with Gasteiger partial charge in [-0.2, -0.15) is 0 Å². The van der Waals surface area contributed by atoms with Gasteiger partial charge in [0.25, 0.3) is 0 Å². The third-order valence-corrected chi connectivity index (χ3v) is 5.53. The summed E-state index contributed by atoms with van der Waals surface area (Å²) in [4.78, 5) is 13.0. The average molecular weight is 325 g/mol. The number of carbonyl (C=O) groups excluding carboxylic acids is 1. The quantitative estimate of drug-likeness (QED) is 0.764. The smallest absolute Gasteiger partial charge is 0.197 e. The van der Waals surface area contributed by atoms with Gasteiger partial charge in [-0.25, -0.2) is 0 Å². The van der Waals surface area contributed by atoms with E-state index in [9.17, 15) is 13.9 Å². The monoisotopic (exact) mass is 324 g/mol. The van der Waals surface area contributed by atoms with Crippen molar-refractivity contribution in [3.05, 3.63) is 58.1 Å². The van der Waals surface area contributed by atoms with Gasteiger partial charge in [0.15, 0.2) is 5.78 Å². The van der Waals surface area contributed by atoms with Crippen molar-refractivity contribution in [2.24, 2.45) is 0 Å². The molecule has 0 atom stereocenters. The van der Waals surface area contributed by atoms with Crippen molar-refractivity contribution >= 4 is 32.3 Å². The van der Waals surface area contributed by atoms with E-state index in [1.807, 2.05) is 0 Å². The Hall–Kier alpha value is -1.14. The average Bonchev–Trinajstić information content (AvgIpc) is 2.36. The molecule has 1 aliphatic rings. The van der Waals surface area contributed by atoms with Crippen LogP contribution >= 0.6 is 26.5 Å². The molecule has 0 bridgehead atoms. The largest absolute Gasteiger partial charge is 0.290 e. The van der Waals surface area contributed by atoms with Gasteiger partial charge in [-0.3, -0.25) is 13.9 Å². The molecule has 0 aromatic heterocycles. The summed E-state index contributed by atoms with van der Waals surface area (Å²) < 4.78 is 21.4. The lowest BCUT2D eigenvalue weighted by molar-refractivity contribution is 0.102. The number of rotatable bonds is 0. The van der Waals surface area contributed by atoms with E-state index in [1.54, 1.807) is 42.5 Å². The second-order valence-electron chi connectivity index (χ2n) is 3.99. The number of halogens is 1. The highest BCUT2D eigenvalue weighted by Gasteiger charge is 2.35. The Morgan fingerprint density at radius 2 is 1.61 bits per heavy atom. The van der Waals surface area contributed by atoms with Crippen molar-refractivity contribution in [1.29, 1.82) is 0 Å². The van der Waals surface area contributed by atoms with Crippen LogP contribution in [-0.2, 0) is 0 Å². The van der Waals surface area contributed by atoms with Crippen LogP contribution in [0.2, 0.25) is 0 Å². The van der Waals surface area contributed by atoms with Crippen molar-refractivity contribution < 1.29 is 13.9 Å². The topological polar surface area (TPSA) is 57.5 Å². The predicted molar refractivity (Wildman–Crippen MR) is 73.4 cm³/mol. The molecule has 3 nitrogen and oxygen atoms in total. The minimum absolute atomic E-state index is 0.181. The lowest BCUT2D eigenvalue weighted by Gasteiger charge is -2.38. The fourth-order valence-electron chi connectivity index (χ4n) is 2.12. The van der Waals surface area contributed by atoms with E-state index in [0.717, 1.165) is 0 Å². The van der Waals surface area contributed by atoms with Crippen LogP contribution in [-0.4, -0.2) is 14.9 Å². The van der Waals surface area contributed by atoms with Crippen molar-refractivity contribution in [3.8, 4) is 0 Å². The number of carbonyl (C=O) groups is 1. The number of fused-ring (bicyclic) bond motifs is 2. The summed E-state index contributed by atoms with van der Waals surface area (Å²) in [6.07, 6.45) is 0. The standard InChI is InChI=1S/C13H9BrO3S/c14-9-5-3-7-11-12(9)13(15)8-4-1-2-6-10(8)18(11,16)17/h1-7,16-17H. The van der Waals surface area contributed by atoms with Crippen LogP contribution in [0.5, 0.6) is 0 Å². The molecule has 0 fully saturated rings. The van der Waals surface area contributed by atoms with Gasteiger partial charge in [0, 0.05) is 10.0 Å². The third-order valence-electron chi connectivity index (χ3n) is 2.95. The molecule has 2 aromatic rings. The highest BCUT2D eigenvalue weighted by atomic mass is 79.9. The second-order valence-corrected chi connectivity index (χ2v) is 6.82. The van der Waals surface area contributed by atoms with Crippen LogP contribution in [0.25, 0.3) is 0 Å². The maximum Gasteiger partial charge on any atom is 0.197 e. The molecule has 92 valence electrons. The summed E-state index contributed by atoms with van der Waals surface area (Å²) in [5.41, 5.74) is 0.702. The molecule has 2 aromatic carbocycles. The van der Waals surface area contributed by atoms with E-state index < -0.39 is 10.6 Å². The molecule has 0 radical (unpaired) electrons. The van der Waals surface area contributed by atoms with Crippen LogP contribution in [0.4, 0.5) is 0 Å². The van der Waals surface area contributed by atoms with Crippen LogP contribution in [0.1, 0.15) is 15.9 Å². The summed E-state index contributed by atoms with van der Waals surface area (Å²) in [6.45, 7) is 0. The van der Waals surface area contributed by atoms with Crippen molar-refractivity contribution in [3.63, 3.8) is 0 Å². The summed E-state index contributed by atoms with van der Waals surface area (Å²) in [5.74, 6) is -0.181. The van der Waals surface area contributed by atoms with Crippen LogP contribution in [0.15, 0.2) is 56.7 Å². The first-order valence-electron chi connectivity index (χ1n) is 5.24. The fraction of sp³-hybridized carbons (Fsp3) is 0. The Kier molecular flexibility index (Phi) is 2.60. The molecule has 0 unspecified atom stereocenters. The van der Waals surface area contributed by atoms with Crippen LogP contribution in [0, 0.1) is 0 Å². The maximum atomic E-state index is 12.4. The zero-order valence-electron chi connectivity index (χ0n) is 9.13. The van der Waals surface area contributed by atoms with E-state index in [1.165, 1.54) is 0 Å². The minimum atomic E-state index is -3.11. The molecule has 0 aliphatic carbocycles. The molecule has 5 heteroatoms. The highest BCUT2D eigenvalue weighted by molar-refractivity contribution is 9.10. The molecule has 1 heterocycles. The van der Waals surface area contributed by atoms with Crippen molar-refractivity contribution in [2.45, 2.75) is 9.79 Å². The molecule has 18 heavy (non-hydrogen) atoms. The van der Waals surface area contributed by atoms with E-state index in [4.69, 9.17) is 0 Å². The van der Waals surface area contributed by atoms with E-state index in [0.29, 0.717) is 25.4 Å². The lowest BCUT2D eigenvalue weighted by atomic mass is 10.0. The number of hydrogen-bond acceptors (Lipinski definition) is 3. The Morgan fingerprint density at radius 1 is 0.944 bits per heavy atom. The first kappa shape index (κ1) is 11.9. The normalized spacial score (nSPS) is 17.8. The maximum absolute atomic E-state index is 12.4. The molecule has 3 rings (SSSR count). The Balaban J connectivity index is 2.41. The van der Waals surface area contributed by atoms with Gasteiger partial charge in [0.05, 0.1) is 15.4 Å². The summed E-state index contributed by atoms with van der Waals surface area (Å²) in [5, 5.41) is 0. The van der Waals surface area contributed by atoms with Gasteiger partial charge in [-0.05, 0) is 40.2 Å². The fourth-order valence-corrected chi connectivity index (χ4v) is 4.52. The number of ketones is 1. The molecular formula is C13H9BrO3S. The van der Waals surface area contributed by atoms with Gasteiger partial charge in [0.1, 0.15) is 0 Å². The first-order valence-corrected chi connectivity index (χ1v) is 7.58. The first-order chi connectivity index (χ1) is 8.53. The zero-order valence-corrected chi connectivity index (χ0v) is 11.5. The van der Waals surface area contributed by atoms with Gasteiger partial charge >= 0.3 is 0 Å². The molecule has 0 amide bonds. The van der Waals surface area contributed by atoms with E-state index >= 15 is 0 Å². The number of hydrogen-bond donors (Lipinski definition) is 2. The van der Waals surface area contributed by atoms with Gasteiger partial charge in [-0.15, -0.1) is 10.6 Å². The lowest BCUT2D eigenvalue weighted by Crippen LogP contribution is -2.18.